The molecule has 0 spiro atoms. The summed E-state index contributed by atoms with van der Waals surface area (Å²) in [5.41, 5.74) is 6.78. The zero-order valence-corrected chi connectivity index (χ0v) is 17.5. The number of hydrogen-bond donors (Lipinski definition) is 1. The number of aromatic nitrogens is 3. The van der Waals surface area contributed by atoms with Gasteiger partial charge in [-0.15, -0.1) is 0 Å². The highest BCUT2D eigenvalue weighted by molar-refractivity contribution is 5.76. The molecule has 28 heavy (non-hydrogen) atoms. The van der Waals surface area contributed by atoms with Gasteiger partial charge in [0.05, 0.1) is 6.54 Å². The van der Waals surface area contributed by atoms with Crippen LogP contribution in [0.3, 0.4) is 0 Å². The van der Waals surface area contributed by atoms with Gasteiger partial charge >= 0.3 is 0 Å². The standard InChI is InChI=1S/C23H31N5/c1-5-21-26-22-16(2)14-17(3)24-23(22)28(21)15-18-6-8-19(9-7-18)25-20-10-12-27(4)13-11-20/h6-9,14,20,25H,5,10-13,15H2,1-4H3. The van der Waals surface area contributed by atoms with Crippen molar-refractivity contribution in [2.75, 3.05) is 25.5 Å². The van der Waals surface area contributed by atoms with Crippen LogP contribution in [0.1, 0.15) is 42.4 Å². The van der Waals surface area contributed by atoms with Gasteiger partial charge < -0.3 is 14.8 Å². The summed E-state index contributed by atoms with van der Waals surface area (Å²) in [4.78, 5) is 12.0. The molecule has 0 unspecified atom stereocenters. The number of anilines is 1. The smallest absolute Gasteiger partial charge is 0.160 e. The number of nitrogens with zero attached hydrogens (tertiary/aromatic N) is 4. The summed E-state index contributed by atoms with van der Waals surface area (Å²) in [5, 5.41) is 3.70. The first kappa shape index (κ1) is 18.9. The molecule has 5 heteroatoms. The second-order valence-corrected chi connectivity index (χ2v) is 8.14. The zero-order valence-electron chi connectivity index (χ0n) is 17.5. The normalized spacial score (nSPS) is 16.0. The number of nitrogens with one attached hydrogen (secondary N) is 1. The van der Waals surface area contributed by atoms with Crippen molar-refractivity contribution < 1.29 is 0 Å². The molecule has 0 amide bonds. The summed E-state index contributed by atoms with van der Waals surface area (Å²) in [7, 11) is 2.20. The number of likely N-dealkylation sites (tertiary alicyclic amines) is 1. The fourth-order valence-electron chi connectivity index (χ4n) is 4.16. The highest BCUT2D eigenvalue weighted by Gasteiger charge is 2.16. The molecule has 0 saturated carbocycles. The van der Waals surface area contributed by atoms with Crippen LogP contribution in [0.4, 0.5) is 5.69 Å². The summed E-state index contributed by atoms with van der Waals surface area (Å²) >= 11 is 0. The van der Waals surface area contributed by atoms with Crippen LogP contribution < -0.4 is 5.32 Å². The van der Waals surface area contributed by atoms with E-state index < -0.39 is 0 Å². The minimum atomic E-state index is 0.585. The molecule has 1 N–H and O–H groups in total. The molecule has 0 aliphatic carbocycles. The van der Waals surface area contributed by atoms with Crippen LogP contribution >= 0.6 is 0 Å². The molecule has 0 radical (unpaired) electrons. The summed E-state index contributed by atoms with van der Waals surface area (Å²) in [6.45, 7) is 9.50. The second-order valence-electron chi connectivity index (χ2n) is 8.14. The average Bonchev–Trinajstić information content (AvgIpc) is 3.03. The Balaban J connectivity index is 1.53. The van der Waals surface area contributed by atoms with E-state index in [-0.39, 0.29) is 0 Å². The van der Waals surface area contributed by atoms with E-state index in [1.165, 1.54) is 42.7 Å². The zero-order chi connectivity index (χ0) is 19.7. The molecule has 148 valence electrons. The molecular formula is C23H31N5. The summed E-state index contributed by atoms with van der Waals surface area (Å²) in [5.74, 6) is 1.10. The predicted molar refractivity (Wildman–Crippen MR) is 116 cm³/mol. The minimum absolute atomic E-state index is 0.585. The number of benzene rings is 1. The van der Waals surface area contributed by atoms with Crippen molar-refractivity contribution in [3.8, 4) is 0 Å². The number of hydrogen-bond acceptors (Lipinski definition) is 4. The van der Waals surface area contributed by atoms with Crippen molar-refractivity contribution in [2.24, 2.45) is 0 Å². The van der Waals surface area contributed by atoms with Gasteiger partial charge in [0.15, 0.2) is 5.65 Å². The monoisotopic (exact) mass is 377 g/mol. The first-order valence-electron chi connectivity index (χ1n) is 10.4. The first-order valence-corrected chi connectivity index (χ1v) is 10.4. The molecule has 5 nitrogen and oxygen atoms in total. The minimum Gasteiger partial charge on any atom is -0.382 e. The van der Waals surface area contributed by atoms with Crippen LogP contribution in [0.25, 0.3) is 11.2 Å². The van der Waals surface area contributed by atoms with E-state index in [9.17, 15) is 0 Å². The molecule has 0 atom stereocenters. The third-order valence-corrected chi connectivity index (χ3v) is 5.80. The van der Waals surface area contributed by atoms with E-state index in [0.29, 0.717) is 6.04 Å². The van der Waals surface area contributed by atoms with E-state index in [2.05, 4.69) is 72.9 Å². The van der Waals surface area contributed by atoms with Gasteiger partial charge in [0.2, 0.25) is 0 Å². The first-order chi connectivity index (χ1) is 13.5. The van der Waals surface area contributed by atoms with Crippen molar-refractivity contribution in [1.82, 2.24) is 19.4 Å². The van der Waals surface area contributed by atoms with E-state index in [1.54, 1.807) is 0 Å². The molecule has 4 rings (SSSR count). The van der Waals surface area contributed by atoms with Crippen LogP contribution in [0.15, 0.2) is 30.3 Å². The number of imidazole rings is 1. The van der Waals surface area contributed by atoms with Gasteiger partial charge in [0.25, 0.3) is 0 Å². The number of rotatable bonds is 5. The Labute approximate surface area is 167 Å². The molecule has 1 aromatic carbocycles. The van der Waals surface area contributed by atoms with Crippen molar-refractivity contribution >= 4 is 16.9 Å². The topological polar surface area (TPSA) is 46.0 Å². The van der Waals surface area contributed by atoms with E-state index in [4.69, 9.17) is 9.97 Å². The molecule has 3 heterocycles. The van der Waals surface area contributed by atoms with Crippen molar-refractivity contribution in [3.63, 3.8) is 0 Å². The van der Waals surface area contributed by atoms with Crippen LogP contribution in [0.2, 0.25) is 0 Å². The van der Waals surface area contributed by atoms with Gasteiger partial charge in [-0.05, 0) is 76.2 Å². The van der Waals surface area contributed by atoms with Crippen LogP contribution in [0.5, 0.6) is 0 Å². The Morgan fingerprint density at radius 2 is 1.79 bits per heavy atom. The van der Waals surface area contributed by atoms with E-state index >= 15 is 0 Å². The van der Waals surface area contributed by atoms with Crippen LogP contribution in [0, 0.1) is 13.8 Å². The van der Waals surface area contributed by atoms with E-state index in [0.717, 1.165) is 35.6 Å². The fourth-order valence-corrected chi connectivity index (χ4v) is 4.16. The van der Waals surface area contributed by atoms with Crippen molar-refractivity contribution in [1.29, 1.82) is 0 Å². The molecule has 1 aliphatic rings. The Hall–Kier alpha value is -2.40. The Kier molecular flexibility index (Phi) is 5.36. The maximum absolute atomic E-state index is 4.85. The van der Waals surface area contributed by atoms with Crippen molar-refractivity contribution in [2.45, 2.75) is 52.6 Å². The van der Waals surface area contributed by atoms with Gasteiger partial charge in [0, 0.05) is 23.8 Å². The van der Waals surface area contributed by atoms with Gasteiger partial charge in [-0.1, -0.05) is 19.1 Å². The molecule has 0 bridgehead atoms. The fraction of sp³-hybridized carbons (Fsp3) is 0.478. The quantitative estimate of drug-likeness (QED) is 0.725. The van der Waals surface area contributed by atoms with Crippen LogP contribution in [-0.4, -0.2) is 45.6 Å². The van der Waals surface area contributed by atoms with Gasteiger partial charge in [0.1, 0.15) is 11.3 Å². The number of piperidine rings is 1. The lowest BCUT2D eigenvalue weighted by Gasteiger charge is -2.30. The maximum Gasteiger partial charge on any atom is 0.160 e. The Bertz CT molecular complexity index is 949. The van der Waals surface area contributed by atoms with Gasteiger partial charge in [-0.2, -0.15) is 0 Å². The predicted octanol–water partition coefficient (Wildman–Crippen LogP) is 4.16. The molecule has 1 fully saturated rings. The molecule has 2 aromatic heterocycles. The molecule has 1 saturated heterocycles. The van der Waals surface area contributed by atoms with Crippen molar-refractivity contribution in [3.05, 3.63) is 53.0 Å². The molecular weight excluding hydrogens is 346 g/mol. The van der Waals surface area contributed by atoms with Gasteiger partial charge in [-0.25, -0.2) is 9.97 Å². The summed E-state index contributed by atoms with van der Waals surface area (Å²) in [6.07, 6.45) is 3.33. The Morgan fingerprint density at radius 3 is 2.46 bits per heavy atom. The number of pyridine rings is 1. The summed E-state index contributed by atoms with van der Waals surface area (Å²) in [6, 6.07) is 11.6. The number of aryl methyl sites for hydroxylation is 3. The number of fused-ring (bicyclic) bond motifs is 1. The Morgan fingerprint density at radius 1 is 1.07 bits per heavy atom. The highest BCUT2D eigenvalue weighted by Crippen LogP contribution is 2.22. The third kappa shape index (κ3) is 3.90. The maximum atomic E-state index is 4.85. The molecule has 1 aliphatic heterocycles. The lowest BCUT2D eigenvalue weighted by atomic mass is 10.0. The van der Waals surface area contributed by atoms with E-state index in [1.807, 2.05) is 0 Å². The highest BCUT2D eigenvalue weighted by atomic mass is 15.1. The third-order valence-electron chi connectivity index (χ3n) is 5.80. The van der Waals surface area contributed by atoms with Gasteiger partial charge in [-0.3, -0.25) is 0 Å². The lowest BCUT2D eigenvalue weighted by molar-refractivity contribution is 0.264. The summed E-state index contributed by atoms with van der Waals surface area (Å²) < 4.78 is 2.27. The largest absolute Gasteiger partial charge is 0.382 e. The average molecular weight is 378 g/mol. The second kappa shape index (κ2) is 7.92. The molecule has 3 aromatic rings. The SMILES string of the molecule is CCc1nc2c(C)cc(C)nc2n1Cc1ccc(NC2CCN(C)CC2)cc1. The lowest BCUT2D eigenvalue weighted by Crippen LogP contribution is -2.36. The van der Waals surface area contributed by atoms with Crippen LogP contribution in [-0.2, 0) is 13.0 Å².